The molecule has 2 aromatic rings. The van der Waals surface area contributed by atoms with Gasteiger partial charge in [0.1, 0.15) is 17.2 Å². The van der Waals surface area contributed by atoms with Gasteiger partial charge in [-0.05, 0) is 55.9 Å². The molecule has 0 unspecified atom stereocenters. The average Bonchev–Trinajstić information content (AvgIpc) is 3.20. The van der Waals surface area contributed by atoms with Crippen molar-refractivity contribution in [3.63, 3.8) is 0 Å². The number of methoxy groups -OCH3 is 1. The molecule has 0 spiro atoms. The summed E-state index contributed by atoms with van der Waals surface area (Å²) in [6.45, 7) is 0. The Kier molecular flexibility index (Phi) is 5.14. The number of carbonyl (C=O) groups is 2. The molecule has 7 heteroatoms. The summed E-state index contributed by atoms with van der Waals surface area (Å²) in [5, 5.41) is 5.66. The maximum atomic E-state index is 12.7. The van der Waals surface area contributed by atoms with Gasteiger partial charge in [-0.1, -0.05) is 0 Å². The zero-order valence-electron chi connectivity index (χ0n) is 15.8. The van der Waals surface area contributed by atoms with Crippen LogP contribution in [0.5, 0.6) is 11.5 Å². The van der Waals surface area contributed by atoms with Gasteiger partial charge in [-0.15, -0.1) is 0 Å². The maximum Gasteiger partial charge on any atom is 0.274 e. The third kappa shape index (κ3) is 3.93. The van der Waals surface area contributed by atoms with Crippen molar-refractivity contribution in [1.29, 1.82) is 0 Å². The first-order chi connectivity index (χ1) is 13.6. The van der Waals surface area contributed by atoms with E-state index in [2.05, 4.69) is 15.6 Å². The number of ether oxygens (including phenoxy) is 2. The van der Waals surface area contributed by atoms with Crippen LogP contribution in [0, 0.1) is 0 Å². The zero-order chi connectivity index (χ0) is 19.5. The van der Waals surface area contributed by atoms with E-state index in [-0.39, 0.29) is 23.6 Å². The van der Waals surface area contributed by atoms with Gasteiger partial charge in [0.2, 0.25) is 5.91 Å². The molecule has 2 heterocycles. The lowest BCUT2D eigenvalue weighted by atomic mass is 10.0. The van der Waals surface area contributed by atoms with Gasteiger partial charge in [-0.3, -0.25) is 14.6 Å². The Balaban J connectivity index is 1.53. The maximum absolute atomic E-state index is 12.7. The summed E-state index contributed by atoms with van der Waals surface area (Å²) < 4.78 is 11.4. The molecule has 28 heavy (non-hydrogen) atoms. The number of nitrogens with zero attached hydrogens (tertiary/aromatic N) is 1. The summed E-state index contributed by atoms with van der Waals surface area (Å²) in [6, 6.07) is 6.99. The minimum Gasteiger partial charge on any atom is -0.495 e. The molecule has 4 rings (SSSR count). The molecule has 1 aliphatic carbocycles. The third-order valence-corrected chi connectivity index (χ3v) is 5.14. The number of hydrogen-bond acceptors (Lipinski definition) is 5. The van der Waals surface area contributed by atoms with Crippen LogP contribution in [0.1, 0.15) is 48.2 Å². The van der Waals surface area contributed by atoms with Crippen molar-refractivity contribution < 1.29 is 19.1 Å². The summed E-state index contributed by atoms with van der Waals surface area (Å²) in [7, 11) is 1.55. The van der Waals surface area contributed by atoms with E-state index < -0.39 is 0 Å². The first kappa shape index (κ1) is 18.3. The molecule has 1 aromatic carbocycles. The van der Waals surface area contributed by atoms with E-state index in [1.807, 2.05) is 6.07 Å². The van der Waals surface area contributed by atoms with Crippen molar-refractivity contribution >= 4 is 23.2 Å². The lowest BCUT2D eigenvalue weighted by Crippen LogP contribution is -2.20. The number of carbonyl (C=O) groups excluding carboxylic acids is 2. The van der Waals surface area contributed by atoms with Gasteiger partial charge in [0.15, 0.2) is 0 Å². The first-order valence-electron chi connectivity index (χ1n) is 9.57. The van der Waals surface area contributed by atoms with Crippen LogP contribution in [0.25, 0.3) is 0 Å². The molecule has 7 nitrogen and oxygen atoms in total. The highest BCUT2D eigenvalue weighted by Gasteiger charge is 2.20. The lowest BCUT2D eigenvalue weighted by Gasteiger charge is -2.20. The molecule has 1 saturated carbocycles. The molecular weight excluding hydrogens is 358 g/mol. The van der Waals surface area contributed by atoms with Crippen molar-refractivity contribution in [2.24, 2.45) is 0 Å². The van der Waals surface area contributed by atoms with Gasteiger partial charge in [0.05, 0.1) is 18.9 Å². The lowest BCUT2D eigenvalue weighted by molar-refractivity contribution is -0.116. The van der Waals surface area contributed by atoms with Crippen LogP contribution in [0.15, 0.2) is 30.5 Å². The van der Waals surface area contributed by atoms with E-state index >= 15 is 0 Å². The molecular formula is C21H23N3O4. The van der Waals surface area contributed by atoms with Crippen LogP contribution in [-0.4, -0.2) is 30.0 Å². The highest BCUT2D eigenvalue weighted by Crippen LogP contribution is 2.34. The number of aryl methyl sites for hydroxylation is 1. The van der Waals surface area contributed by atoms with E-state index in [9.17, 15) is 9.59 Å². The SMILES string of the molecule is COc1cc2c(cc1NC(=O)c1cc(OC3CCCC3)ccn1)NC(=O)CC2. The Labute approximate surface area is 163 Å². The van der Waals surface area contributed by atoms with E-state index in [0.717, 1.165) is 18.4 Å². The van der Waals surface area contributed by atoms with Crippen LogP contribution in [0.4, 0.5) is 11.4 Å². The Hall–Kier alpha value is -3.09. The number of amides is 2. The number of hydrogen-bond donors (Lipinski definition) is 2. The highest BCUT2D eigenvalue weighted by molar-refractivity contribution is 6.05. The zero-order valence-corrected chi connectivity index (χ0v) is 15.8. The number of nitrogens with one attached hydrogen (secondary N) is 2. The van der Waals surface area contributed by atoms with E-state index in [0.29, 0.717) is 35.7 Å². The Bertz CT molecular complexity index is 907. The monoisotopic (exact) mass is 381 g/mol. The van der Waals surface area contributed by atoms with Crippen LogP contribution < -0.4 is 20.1 Å². The van der Waals surface area contributed by atoms with E-state index in [1.165, 1.54) is 12.8 Å². The second kappa shape index (κ2) is 7.88. The highest BCUT2D eigenvalue weighted by atomic mass is 16.5. The van der Waals surface area contributed by atoms with Crippen LogP contribution in [0.3, 0.4) is 0 Å². The quantitative estimate of drug-likeness (QED) is 0.827. The number of pyridine rings is 1. The molecule has 1 fully saturated rings. The average molecular weight is 381 g/mol. The van der Waals surface area contributed by atoms with Crippen LogP contribution in [0.2, 0.25) is 0 Å². The molecule has 2 amide bonds. The summed E-state index contributed by atoms with van der Waals surface area (Å²) in [5.41, 5.74) is 2.43. The summed E-state index contributed by atoms with van der Waals surface area (Å²) in [6.07, 6.45) is 7.32. The largest absolute Gasteiger partial charge is 0.495 e. The fraction of sp³-hybridized carbons (Fsp3) is 0.381. The Morgan fingerprint density at radius 3 is 2.82 bits per heavy atom. The van der Waals surface area contributed by atoms with E-state index in [1.54, 1.807) is 31.5 Å². The Morgan fingerprint density at radius 1 is 1.21 bits per heavy atom. The van der Waals surface area contributed by atoms with Gasteiger partial charge in [0.25, 0.3) is 5.91 Å². The summed E-state index contributed by atoms with van der Waals surface area (Å²) in [5.74, 6) is 0.795. The molecule has 1 aliphatic heterocycles. The summed E-state index contributed by atoms with van der Waals surface area (Å²) in [4.78, 5) is 28.6. The summed E-state index contributed by atoms with van der Waals surface area (Å²) >= 11 is 0. The number of rotatable bonds is 5. The van der Waals surface area contributed by atoms with Crippen molar-refractivity contribution in [2.75, 3.05) is 17.7 Å². The first-order valence-corrected chi connectivity index (χ1v) is 9.57. The van der Waals surface area contributed by atoms with Crippen molar-refractivity contribution in [2.45, 2.75) is 44.6 Å². The Morgan fingerprint density at radius 2 is 2.04 bits per heavy atom. The number of fused-ring (bicyclic) bond motifs is 1. The number of benzene rings is 1. The molecule has 2 N–H and O–H groups in total. The minimum atomic E-state index is -0.364. The molecule has 2 aliphatic rings. The van der Waals surface area contributed by atoms with Crippen molar-refractivity contribution in [3.05, 3.63) is 41.7 Å². The molecule has 0 atom stereocenters. The van der Waals surface area contributed by atoms with E-state index in [4.69, 9.17) is 9.47 Å². The predicted molar refractivity (Wildman–Crippen MR) is 105 cm³/mol. The normalized spacial score (nSPS) is 16.2. The molecule has 0 bridgehead atoms. The van der Waals surface area contributed by atoms with Gasteiger partial charge >= 0.3 is 0 Å². The second-order valence-electron chi connectivity index (χ2n) is 7.11. The standard InChI is InChI=1S/C21H23N3O4/c1-27-19-10-13-6-7-20(25)23-16(13)12-17(19)24-21(26)18-11-15(8-9-22-18)28-14-4-2-3-5-14/h8-12,14H,2-7H2,1H3,(H,23,25)(H,24,26). The fourth-order valence-corrected chi connectivity index (χ4v) is 3.67. The van der Waals surface area contributed by atoms with Crippen LogP contribution >= 0.6 is 0 Å². The third-order valence-electron chi connectivity index (χ3n) is 5.14. The fourth-order valence-electron chi connectivity index (χ4n) is 3.67. The predicted octanol–water partition coefficient (Wildman–Crippen LogP) is 3.55. The molecule has 0 radical (unpaired) electrons. The number of anilines is 2. The van der Waals surface area contributed by atoms with Crippen LogP contribution in [-0.2, 0) is 11.2 Å². The smallest absolute Gasteiger partial charge is 0.274 e. The van der Waals surface area contributed by atoms with Gasteiger partial charge in [0, 0.05) is 24.4 Å². The van der Waals surface area contributed by atoms with Gasteiger partial charge in [-0.2, -0.15) is 0 Å². The van der Waals surface area contributed by atoms with Crippen molar-refractivity contribution in [1.82, 2.24) is 4.98 Å². The van der Waals surface area contributed by atoms with Crippen molar-refractivity contribution in [3.8, 4) is 11.5 Å². The van der Waals surface area contributed by atoms with Gasteiger partial charge < -0.3 is 20.1 Å². The number of aromatic nitrogens is 1. The topological polar surface area (TPSA) is 89.6 Å². The minimum absolute atomic E-state index is 0.0339. The second-order valence-corrected chi connectivity index (χ2v) is 7.11. The molecule has 146 valence electrons. The van der Waals surface area contributed by atoms with Gasteiger partial charge in [-0.25, -0.2) is 0 Å². The molecule has 1 aromatic heterocycles. The molecule has 0 saturated heterocycles.